The molecular formula is C16H16N2S. The molecule has 2 nitrogen and oxygen atoms in total. The molecule has 0 saturated carbocycles. The second-order valence-electron chi connectivity index (χ2n) is 4.92. The quantitative estimate of drug-likeness (QED) is 0.832. The van der Waals surface area contributed by atoms with E-state index in [1.54, 1.807) is 0 Å². The number of anilines is 1. The topological polar surface area (TPSA) is 27.0 Å². The van der Waals surface area contributed by atoms with Gasteiger partial charge in [0.05, 0.1) is 11.6 Å². The lowest BCUT2D eigenvalue weighted by molar-refractivity contribution is 0.702. The fourth-order valence-electron chi connectivity index (χ4n) is 2.71. The minimum absolute atomic E-state index is 0.612. The van der Waals surface area contributed by atoms with Crippen LogP contribution in [0.2, 0.25) is 0 Å². The number of benzene rings is 2. The third-order valence-electron chi connectivity index (χ3n) is 3.85. The zero-order valence-electron chi connectivity index (χ0n) is 11.0. The first kappa shape index (κ1) is 12.4. The highest BCUT2D eigenvalue weighted by Gasteiger charge is 2.21. The maximum Gasteiger partial charge on any atom is 0.0998 e. The number of thioether (sulfide) groups is 1. The summed E-state index contributed by atoms with van der Waals surface area (Å²) in [5, 5.41) is 11.4. The molecule has 2 aromatic rings. The van der Waals surface area contributed by atoms with Crippen LogP contribution < -0.4 is 4.90 Å². The Bertz CT molecular complexity index is 639. The smallest absolute Gasteiger partial charge is 0.0998 e. The Morgan fingerprint density at radius 3 is 2.68 bits per heavy atom. The van der Waals surface area contributed by atoms with E-state index in [9.17, 15) is 5.26 Å². The number of nitrogens with zero attached hydrogens (tertiary/aromatic N) is 2. The first-order valence-electron chi connectivity index (χ1n) is 6.53. The van der Waals surface area contributed by atoms with E-state index in [-0.39, 0.29) is 0 Å². The van der Waals surface area contributed by atoms with E-state index in [2.05, 4.69) is 30.1 Å². The van der Waals surface area contributed by atoms with Crippen molar-refractivity contribution in [1.29, 1.82) is 5.26 Å². The van der Waals surface area contributed by atoms with Gasteiger partial charge in [0, 0.05) is 35.3 Å². The summed E-state index contributed by atoms with van der Waals surface area (Å²) in [5.74, 6) is 2.45. The van der Waals surface area contributed by atoms with Gasteiger partial charge >= 0.3 is 0 Å². The lowest BCUT2D eigenvalue weighted by Gasteiger charge is -2.27. The molecule has 0 N–H and O–H groups in total. The van der Waals surface area contributed by atoms with Gasteiger partial charge in [0.2, 0.25) is 0 Å². The van der Waals surface area contributed by atoms with Crippen LogP contribution in [0.3, 0.4) is 0 Å². The van der Waals surface area contributed by atoms with Gasteiger partial charge in [-0.3, -0.25) is 0 Å². The monoisotopic (exact) mass is 268 g/mol. The maximum absolute atomic E-state index is 9.21. The standard InChI is InChI=1S/C16H16N2S/c1-18(13-8-9-19-11-13)16-7-6-12(10-17)14-4-2-3-5-15(14)16/h2-7,13H,8-9,11H2,1H3. The van der Waals surface area contributed by atoms with Gasteiger partial charge in [-0.25, -0.2) is 0 Å². The summed E-state index contributed by atoms with van der Waals surface area (Å²) in [6.07, 6.45) is 1.25. The number of fused-ring (bicyclic) bond motifs is 1. The highest BCUT2D eigenvalue weighted by molar-refractivity contribution is 7.99. The Hall–Kier alpha value is -1.66. The van der Waals surface area contributed by atoms with E-state index in [1.807, 2.05) is 36.0 Å². The summed E-state index contributed by atoms with van der Waals surface area (Å²) in [6, 6.07) is 15.1. The van der Waals surface area contributed by atoms with Gasteiger partial charge in [-0.15, -0.1) is 0 Å². The van der Waals surface area contributed by atoms with Crippen LogP contribution in [0, 0.1) is 11.3 Å². The minimum Gasteiger partial charge on any atom is -0.370 e. The highest BCUT2D eigenvalue weighted by atomic mass is 32.2. The molecule has 0 spiro atoms. The first-order chi connectivity index (χ1) is 9.31. The zero-order valence-corrected chi connectivity index (χ0v) is 11.8. The molecule has 19 heavy (non-hydrogen) atoms. The highest BCUT2D eigenvalue weighted by Crippen LogP contribution is 2.32. The molecule has 1 atom stereocenters. The van der Waals surface area contributed by atoms with Crippen LogP contribution in [-0.4, -0.2) is 24.6 Å². The Kier molecular flexibility index (Phi) is 3.35. The number of hydrogen-bond acceptors (Lipinski definition) is 3. The van der Waals surface area contributed by atoms with Crippen molar-refractivity contribution in [2.24, 2.45) is 0 Å². The lowest BCUT2D eigenvalue weighted by Crippen LogP contribution is -2.31. The molecule has 1 saturated heterocycles. The summed E-state index contributed by atoms with van der Waals surface area (Å²) in [5.41, 5.74) is 2.00. The Morgan fingerprint density at radius 2 is 2.00 bits per heavy atom. The zero-order chi connectivity index (χ0) is 13.2. The third-order valence-corrected chi connectivity index (χ3v) is 5.00. The second kappa shape index (κ2) is 5.14. The van der Waals surface area contributed by atoms with E-state index in [1.165, 1.54) is 29.0 Å². The van der Waals surface area contributed by atoms with Crippen molar-refractivity contribution in [3.05, 3.63) is 42.0 Å². The maximum atomic E-state index is 9.21. The largest absolute Gasteiger partial charge is 0.370 e. The predicted molar refractivity (Wildman–Crippen MR) is 82.8 cm³/mol. The van der Waals surface area contributed by atoms with Crippen LogP contribution in [-0.2, 0) is 0 Å². The molecule has 1 aliphatic rings. The second-order valence-corrected chi connectivity index (χ2v) is 6.07. The molecular weight excluding hydrogens is 252 g/mol. The molecule has 1 fully saturated rings. The number of rotatable bonds is 2. The summed E-state index contributed by atoms with van der Waals surface area (Å²) >= 11 is 2.02. The molecule has 3 rings (SSSR count). The van der Waals surface area contributed by atoms with Gasteiger partial charge in [0.25, 0.3) is 0 Å². The van der Waals surface area contributed by atoms with Crippen LogP contribution in [0.1, 0.15) is 12.0 Å². The molecule has 0 bridgehead atoms. The van der Waals surface area contributed by atoms with E-state index < -0.39 is 0 Å². The van der Waals surface area contributed by atoms with Crippen molar-refractivity contribution in [3.63, 3.8) is 0 Å². The fraction of sp³-hybridized carbons (Fsp3) is 0.312. The van der Waals surface area contributed by atoms with Crippen molar-refractivity contribution in [3.8, 4) is 6.07 Å². The first-order valence-corrected chi connectivity index (χ1v) is 7.69. The van der Waals surface area contributed by atoms with Crippen LogP contribution >= 0.6 is 11.8 Å². The third kappa shape index (κ3) is 2.17. The van der Waals surface area contributed by atoms with Crippen molar-refractivity contribution < 1.29 is 0 Å². The molecule has 1 aliphatic heterocycles. The molecule has 96 valence electrons. The molecule has 1 unspecified atom stereocenters. The molecule has 0 aliphatic carbocycles. The number of hydrogen-bond donors (Lipinski definition) is 0. The average Bonchev–Trinajstić information content (AvgIpc) is 2.99. The predicted octanol–water partition coefficient (Wildman–Crippen LogP) is 3.65. The lowest BCUT2D eigenvalue weighted by atomic mass is 10.0. The van der Waals surface area contributed by atoms with E-state index in [4.69, 9.17) is 0 Å². The van der Waals surface area contributed by atoms with Crippen molar-refractivity contribution in [2.45, 2.75) is 12.5 Å². The normalized spacial score (nSPS) is 18.4. The van der Waals surface area contributed by atoms with Gasteiger partial charge in [0.1, 0.15) is 0 Å². The Balaban J connectivity index is 2.11. The van der Waals surface area contributed by atoms with Crippen LogP contribution in [0.15, 0.2) is 36.4 Å². The van der Waals surface area contributed by atoms with Gasteiger partial charge in [0.15, 0.2) is 0 Å². The average molecular weight is 268 g/mol. The van der Waals surface area contributed by atoms with Crippen LogP contribution in [0.4, 0.5) is 5.69 Å². The molecule has 3 heteroatoms. The van der Waals surface area contributed by atoms with Gasteiger partial charge < -0.3 is 4.90 Å². The molecule has 0 amide bonds. The van der Waals surface area contributed by atoms with Crippen molar-refractivity contribution in [2.75, 3.05) is 23.5 Å². The summed E-state index contributed by atoms with van der Waals surface area (Å²) in [4.78, 5) is 2.38. The van der Waals surface area contributed by atoms with Crippen molar-refractivity contribution >= 4 is 28.2 Å². The van der Waals surface area contributed by atoms with E-state index >= 15 is 0 Å². The fourth-order valence-corrected chi connectivity index (χ4v) is 3.98. The van der Waals surface area contributed by atoms with Crippen LogP contribution in [0.25, 0.3) is 10.8 Å². The van der Waals surface area contributed by atoms with Crippen molar-refractivity contribution in [1.82, 2.24) is 0 Å². The Morgan fingerprint density at radius 1 is 1.21 bits per heavy atom. The summed E-state index contributed by atoms with van der Waals surface area (Å²) < 4.78 is 0. The minimum atomic E-state index is 0.612. The van der Waals surface area contributed by atoms with E-state index in [0.29, 0.717) is 6.04 Å². The summed E-state index contributed by atoms with van der Waals surface area (Å²) in [6.45, 7) is 0. The van der Waals surface area contributed by atoms with Gasteiger partial charge in [-0.05, 0) is 24.3 Å². The number of nitriles is 1. The summed E-state index contributed by atoms with van der Waals surface area (Å²) in [7, 11) is 2.17. The van der Waals surface area contributed by atoms with Gasteiger partial charge in [-0.1, -0.05) is 24.3 Å². The van der Waals surface area contributed by atoms with Gasteiger partial charge in [-0.2, -0.15) is 17.0 Å². The molecule has 2 aromatic carbocycles. The van der Waals surface area contributed by atoms with Crippen LogP contribution in [0.5, 0.6) is 0 Å². The SMILES string of the molecule is CN(c1ccc(C#N)c2ccccc12)C1CCSC1. The molecule has 0 aromatic heterocycles. The Labute approximate surface area is 118 Å². The molecule has 0 radical (unpaired) electrons. The van der Waals surface area contributed by atoms with E-state index in [0.717, 1.165) is 10.9 Å². The molecule has 1 heterocycles.